The molecule has 0 radical (unpaired) electrons. The number of carbonyl (C=O) groups excluding carboxylic acids is 3. The number of carbonyl (C=O) groups is 3. The van der Waals surface area contributed by atoms with Gasteiger partial charge in [0.25, 0.3) is 0 Å². The van der Waals surface area contributed by atoms with E-state index in [9.17, 15) is 19.5 Å². The number of aryl methyl sites for hydroxylation is 1. The van der Waals surface area contributed by atoms with Crippen molar-refractivity contribution in [1.82, 2.24) is 9.88 Å². The monoisotopic (exact) mass is 761 g/mol. The molecule has 11 nitrogen and oxygen atoms in total. The van der Waals surface area contributed by atoms with Gasteiger partial charge in [0.05, 0.1) is 0 Å². The average molecular weight is 763 g/mol. The molecule has 51 heavy (non-hydrogen) atoms. The van der Waals surface area contributed by atoms with Crippen LogP contribution in [0.5, 0.6) is 0 Å². The number of nitrogens with zero attached hydrogens (tertiary/aromatic N) is 3. The normalized spacial score (nSPS) is 12.9. The van der Waals surface area contributed by atoms with Crippen molar-refractivity contribution >= 4 is 62.0 Å². The molecular weight excluding hydrogens is 714 g/mol. The number of imide groups is 1. The van der Waals surface area contributed by atoms with Crippen molar-refractivity contribution in [2.45, 2.75) is 85.1 Å². The Labute approximate surface area is 308 Å². The maximum absolute atomic E-state index is 14.3. The maximum atomic E-state index is 14.3. The summed E-state index contributed by atoms with van der Waals surface area (Å²) in [6.07, 6.45) is -0.351. The zero-order chi connectivity index (χ0) is 37.8. The molecule has 4 N–H and O–H groups in total. The summed E-state index contributed by atoms with van der Waals surface area (Å²) < 4.78 is 12.0. The third kappa shape index (κ3) is 9.98. The molecule has 0 aliphatic rings. The molecule has 1 heterocycles. The van der Waals surface area contributed by atoms with Crippen LogP contribution in [0.1, 0.15) is 82.7 Å². The number of anilines is 3. The van der Waals surface area contributed by atoms with Gasteiger partial charge in [0.15, 0.2) is 5.82 Å². The topological polar surface area (TPSA) is 147 Å². The number of nitrogens with one attached hydrogen (secondary N) is 1. The number of fused-ring (bicyclic) bond motifs is 1. The molecule has 272 valence electrons. The first-order chi connectivity index (χ1) is 23.8. The molecule has 3 amide bonds. The van der Waals surface area contributed by atoms with E-state index in [1.54, 1.807) is 77.8 Å². The predicted molar refractivity (Wildman–Crippen MR) is 205 cm³/mol. The van der Waals surface area contributed by atoms with Gasteiger partial charge in [-0.2, -0.15) is 4.90 Å². The van der Waals surface area contributed by atoms with Crippen LogP contribution in [0.3, 0.4) is 0 Å². The van der Waals surface area contributed by atoms with Gasteiger partial charge in [-0.05, 0) is 119 Å². The molecule has 0 fully saturated rings. The summed E-state index contributed by atoms with van der Waals surface area (Å²) in [5.41, 5.74) is 9.03. The fourth-order valence-corrected chi connectivity index (χ4v) is 5.92. The second-order valence-electron chi connectivity index (χ2n) is 14.7. The van der Waals surface area contributed by atoms with Crippen LogP contribution in [-0.2, 0) is 20.8 Å². The smallest absolute Gasteiger partial charge is 0.425 e. The minimum atomic E-state index is -0.922. The lowest BCUT2D eigenvalue weighted by atomic mass is 9.93. The van der Waals surface area contributed by atoms with Crippen LogP contribution in [0, 0.1) is 6.92 Å². The van der Waals surface area contributed by atoms with E-state index in [0.717, 1.165) is 31.6 Å². The summed E-state index contributed by atoms with van der Waals surface area (Å²) >= 11 is 3.57. The molecule has 0 bridgehead atoms. The van der Waals surface area contributed by atoms with Gasteiger partial charge < -0.3 is 30.5 Å². The van der Waals surface area contributed by atoms with E-state index in [-0.39, 0.29) is 24.2 Å². The van der Waals surface area contributed by atoms with Gasteiger partial charge in [-0.3, -0.25) is 4.79 Å². The minimum Gasteiger partial charge on any atom is -0.443 e. The van der Waals surface area contributed by atoms with Gasteiger partial charge in [-0.1, -0.05) is 41.1 Å². The highest BCUT2D eigenvalue weighted by atomic mass is 79.9. The summed E-state index contributed by atoms with van der Waals surface area (Å²) in [4.78, 5) is 47.9. The van der Waals surface area contributed by atoms with Crippen LogP contribution >= 0.6 is 15.9 Å². The quantitative estimate of drug-likeness (QED) is 0.143. The fourth-order valence-electron chi connectivity index (χ4n) is 5.55. The number of ether oxygens (including phenoxy) is 2. The Bertz CT molecular complexity index is 1890. The number of nitrogens with two attached hydrogens (primary N) is 1. The standard InChI is InChI=1S/C39H48BrN5O6/c1-23-18-26(10-13-30(23)24(2)22-46)33(35(47)44(9)21-27-19-28(41)11-15-32(27)40)43-29-12-14-31-25(20-29)16-17-42-34(31)45(36(48)50-38(3,4)5)37(49)51-39(6,7)8/h10-20,24,33,43,46H,21-22,41H2,1-9H3/t24-,33?/m0/s1. The van der Waals surface area contributed by atoms with Gasteiger partial charge in [-0.25, -0.2) is 14.6 Å². The Kier molecular flexibility index (Phi) is 12.0. The molecule has 3 aromatic carbocycles. The van der Waals surface area contributed by atoms with E-state index in [0.29, 0.717) is 28.7 Å². The van der Waals surface area contributed by atoms with E-state index in [1.807, 2.05) is 50.2 Å². The van der Waals surface area contributed by atoms with Crippen molar-refractivity contribution in [3.8, 4) is 0 Å². The van der Waals surface area contributed by atoms with Crippen LogP contribution < -0.4 is 16.0 Å². The number of amides is 3. The number of aliphatic hydroxyl groups excluding tert-OH is 1. The lowest BCUT2D eigenvalue weighted by Gasteiger charge is -2.29. The highest BCUT2D eigenvalue weighted by Crippen LogP contribution is 2.33. The molecule has 0 saturated carbocycles. The van der Waals surface area contributed by atoms with E-state index in [1.165, 1.54) is 6.20 Å². The van der Waals surface area contributed by atoms with Crippen LogP contribution in [0.25, 0.3) is 10.8 Å². The second kappa shape index (κ2) is 15.7. The predicted octanol–water partition coefficient (Wildman–Crippen LogP) is 8.47. The van der Waals surface area contributed by atoms with Crippen molar-refractivity contribution in [2.24, 2.45) is 0 Å². The Hall–Kier alpha value is -4.68. The first kappa shape index (κ1) is 39.1. The average Bonchev–Trinajstić information content (AvgIpc) is 3.03. The molecule has 12 heteroatoms. The first-order valence-electron chi connectivity index (χ1n) is 16.7. The number of likely N-dealkylation sites (N-methyl/N-ethyl adjacent to an activating group) is 1. The van der Waals surface area contributed by atoms with Crippen molar-refractivity contribution in [2.75, 3.05) is 29.6 Å². The van der Waals surface area contributed by atoms with Crippen molar-refractivity contribution in [3.63, 3.8) is 0 Å². The number of rotatable bonds is 9. The zero-order valence-corrected chi connectivity index (χ0v) is 32.3. The number of nitrogen functional groups attached to an aromatic ring is 1. The number of aromatic nitrogens is 1. The largest absolute Gasteiger partial charge is 0.443 e. The number of hydrogen-bond donors (Lipinski definition) is 3. The van der Waals surface area contributed by atoms with E-state index in [4.69, 9.17) is 15.2 Å². The molecule has 0 aliphatic carbocycles. The molecule has 4 aromatic rings. The third-order valence-corrected chi connectivity index (χ3v) is 8.72. The van der Waals surface area contributed by atoms with Gasteiger partial charge in [0.1, 0.15) is 17.2 Å². The minimum absolute atomic E-state index is 0.00579. The summed E-state index contributed by atoms with van der Waals surface area (Å²) in [6.45, 7) is 14.5. The molecule has 1 aromatic heterocycles. The van der Waals surface area contributed by atoms with Gasteiger partial charge >= 0.3 is 12.2 Å². The summed E-state index contributed by atoms with van der Waals surface area (Å²) in [5.74, 6) is -0.205. The second-order valence-corrected chi connectivity index (χ2v) is 15.5. The Balaban J connectivity index is 1.76. The molecule has 4 rings (SSSR count). The van der Waals surface area contributed by atoms with Crippen molar-refractivity contribution < 1.29 is 29.0 Å². The van der Waals surface area contributed by atoms with E-state index < -0.39 is 29.4 Å². The molecular formula is C39H48BrN5O6. The van der Waals surface area contributed by atoms with Crippen LogP contribution in [0.15, 0.2) is 71.3 Å². The Morgan fingerprint density at radius 2 is 1.59 bits per heavy atom. The SMILES string of the molecule is Cc1cc(C(Nc2ccc3c(N(C(=O)OC(C)(C)C)C(=O)OC(C)(C)C)nccc3c2)C(=O)N(C)Cc2cc(N)ccc2Br)ccc1[C@@H](C)CO. The third-order valence-electron chi connectivity index (χ3n) is 7.95. The van der Waals surface area contributed by atoms with Gasteiger partial charge in [0, 0.05) is 53.5 Å². The summed E-state index contributed by atoms with van der Waals surface area (Å²) in [5, 5.41) is 14.4. The fraction of sp³-hybridized carbons (Fsp3) is 0.385. The van der Waals surface area contributed by atoms with Gasteiger partial charge in [-0.15, -0.1) is 0 Å². The first-order valence-corrected chi connectivity index (χ1v) is 17.5. The number of halogens is 1. The molecule has 1 unspecified atom stereocenters. The highest BCUT2D eigenvalue weighted by molar-refractivity contribution is 9.10. The number of aliphatic hydroxyl groups is 1. The lowest BCUT2D eigenvalue weighted by Crippen LogP contribution is -2.44. The molecule has 0 spiro atoms. The molecule has 0 saturated heterocycles. The summed E-state index contributed by atoms with van der Waals surface area (Å²) in [7, 11) is 1.74. The molecule has 0 aliphatic heterocycles. The highest BCUT2D eigenvalue weighted by Gasteiger charge is 2.35. The molecule has 2 atom stereocenters. The number of benzene rings is 3. The van der Waals surface area contributed by atoms with E-state index in [2.05, 4.69) is 26.2 Å². The maximum Gasteiger partial charge on any atom is 0.425 e. The summed E-state index contributed by atoms with van der Waals surface area (Å²) in [6, 6.07) is 17.6. The van der Waals surface area contributed by atoms with Crippen LogP contribution in [-0.4, -0.2) is 57.9 Å². The van der Waals surface area contributed by atoms with Gasteiger partial charge in [0.2, 0.25) is 5.91 Å². The zero-order valence-electron chi connectivity index (χ0n) is 30.7. The lowest BCUT2D eigenvalue weighted by molar-refractivity contribution is -0.131. The Morgan fingerprint density at radius 1 is 0.941 bits per heavy atom. The van der Waals surface area contributed by atoms with E-state index >= 15 is 0 Å². The van der Waals surface area contributed by atoms with Crippen LogP contribution in [0.2, 0.25) is 0 Å². The Morgan fingerprint density at radius 3 is 2.18 bits per heavy atom. The number of hydrogen-bond acceptors (Lipinski definition) is 9. The number of pyridine rings is 1. The van der Waals surface area contributed by atoms with Crippen molar-refractivity contribution in [1.29, 1.82) is 0 Å². The van der Waals surface area contributed by atoms with Crippen molar-refractivity contribution in [3.05, 3.63) is 93.6 Å². The van der Waals surface area contributed by atoms with Crippen LogP contribution in [0.4, 0.5) is 26.8 Å².